The number of para-hydroxylation sites is 1. The number of halogens is 2. The molecule has 0 saturated carbocycles. The van der Waals surface area contributed by atoms with Crippen molar-refractivity contribution in [1.82, 2.24) is 9.78 Å². The maximum atomic E-state index is 12.3. The highest BCUT2D eigenvalue weighted by Gasteiger charge is 2.12. The lowest BCUT2D eigenvalue weighted by atomic mass is 10.1. The Morgan fingerprint density at radius 2 is 1.89 bits per heavy atom. The van der Waals surface area contributed by atoms with Gasteiger partial charge in [-0.2, -0.15) is 13.9 Å². The maximum absolute atomic E-state index is 12.3. The van der Waals surface area contributed by atoms with Gasteiger partial charge in [0.15, 0.2) is 0 Å². The van der Waals surface area contributed by atoms with E-state index in [1.54, 1.807) is 23.0 Å². The number of ether oxygens (including phenoxy) is 1. The molecule has 2 N–H and O–H groups in total. The molecule has 0 unspecified atom stereocenters. The quantitative estimate of drug-likeness (QED) is 0.495. The van der Waals surface area contributed by atoms with Crippen molar-refractivity contribution in [2.45, 2.75) is 6.61 Å². The van der Waals surface area contributed by atoms with Gasteiger partial charge in [0.25, 0.3) is 0 Å². The second-order valence-electron chi connectivity index (χ2n) is 5.55. The van der Waals surface area contributed by atoms with Crippen LogP contribution in [0, 0.1) is 0 Å². The van der Waals surface area contributed by atoms with Gasteiger partial charge in [-0.3, -0.25) is 4.99 Å². The molecular weight excluding hydrogens is 370 g/mol. The maximum Gasteiger partial charge on any atom is 0.387 e. The topological polar surface area (TPSA) is 65.4 Å². The Hall–Kier alpha value is -3.13. The summed E-state index contributed by atoms with van der Waals surface area (Å²) in [7, 11) is 0. The molecule has 2 aromatic carbocycles. The second kappa shape index (κ2) is 8.50. The van der Waals surface area contributed by atoms with E-state index in [9.17, 15) is 8.78 Å². The van der Waals surface area contributed by atoms with E-state index in [-0.39, 0.29) is 17.3 Å². The van der Waals surface area contributed by atoms with Gasteiger partial charge in [-0.25, -0.2) is 4.68 Å². The molecule has 0 aliphatic heterocycles. The van der Waals surface area contributed by atoms with E-state index in [2.05, 4.69) is 14.8 Å². The molecule has 3 rings (SSSR count). The van der Waals surface area contributed by atoms with Crippen LogP contribution in [0.2, 0.25) is 0 Å². The van der Waals surface area contributed by atoms with Crippen LogP contribution in [0.25, 0.3) is 16.9 Å². The molecule has 3 aromatic rings. The van der Waals surface area contributed by atoms with Gasteiger partial charge in [-0.15, -0.1) is 0 Å². The van der Waals surface area contributed by atoms with Gasteiger partial charge in [0.05, 0.1) is 17.2 Å². The number of nitrogens with two attached hydrogens (primary N) is 1. The van der Waals surface area contributed by atoms with Crippen molar-refractivity contribution in [2.75, 3.05) is 6.54 Å². The van der Waals surface area contributed by atoms with Crippen LogP contribution < -0.4 is 10.5 Å². The Balaban J connectivity index is 1.97. The lowest BCUT2D eigenvalue weighted by Crippen LogP contribution is -2.11. The molecule has 5 nitrogen and oxygen atoms in total. The lowest BCUT2D eigenvalue weighted by Gasteiger charge is -2.05. The summed E-state index contributed by atoms with van der Waals surface area (Å²) in [6, 6.07) is 15.9. The number of aliphatic imine (C=N–C) groups is 1. The van der Waals surface area contributed by atoms with E-state index in [0.717, 1.165) is 16.8 Å². The fourth-order valence-corrected chi connectivity index (χ4v) is 2.52. The lowest BCUT2D eigenvalue weighted by molar-refractivity contribution is -0.0498. The van der Waals surface area contributed by atoms with Gasteiger partial charge in [0.1, 0.15) is 11.4 Å². The third kappa shape index (κ3) is 4.95. The highest BCUT2D eigenvalue weighted by atomic mass is 32.1. The first-order valence-electron chi connectivity index (χ1n) is 8.01. The first-order valence-corrected chi connectivity index (χ1v) is 8.42. The minimum atomic E-state index is -2.86. The van der Waals surface area contributed by atoms with Crippen LogP contribution in [0.3, 0.4) is 0 Å². The van der Waals surface area contributed by atoms with Crippen molar-refractivity contribution in [3.63, 3.8) is 0 Å². The minimum Gasteiger partial charge on any atom is -0.435 e. The minimum absolute atomic E-state index is 0.0833. The Morgan fingerprint density at radius 1 is 1.19 bits per heavy atom. The largest absolute Gasteiger partial charge is 0.435 e. The van der Waals surface area contributed by atoms with E-state index < -0.39 is 6.61 Å². The van der Waals surface area contributed by atoms with Crippen LogP contribution in [0.5, 0.6) is 5.75 Å². The number of alkyl halides is 2. The molecule has 0 fully saturated rings. The van der Waals surface area contributed by atoms with Crippen LogP contribution in [0.1, 0.15) is 5.56 Å². The van der Waals surface area contributed by atoms with Crippen molar-refractivity contribution >= 4 is 23.4 Å². The number of benzene rings is 2. The number of hydrogen-bond acceptors (Lipinski definition) is 4. The van der Waals surface area contributed by atoms with Gasteiger partial charge in [0, 0.05) is 23.5 Å². The van der Waals surface area contributed by atoms with Crippen molar-refractivity contribution in [3.05, 3.63) is 66.4 Å². The predicted molar refractivity (Wildman–Crippen MR) is 105 cm³/mol. The molecule has 1 aromatic heterocycles. The molecule has 0 atom stereocenters. The smallest absolute Gasteiger partial charge is 0.387 e. The van der Waals surface area contributed by atoms with Crippen molar-refractivity contribution in [1.29, 1.82) is 0 Å². The molecule has 0 radical (unpaired) electrons. The fraction of sp³-hybridized carbons (Fsp3) is 0.105. The Labute approximate surface area is 160 Å². The molecule has 0 bridgehead atoms. The molecule has 0 aliphatic rings. The van der Waals surface area contributed by atoms with E-state index in [1.807, 2.05) is 36.5 Å². The van der Waals surface area contributed by atoms with Crippen molar-refractivity contribution in [3.8, 4) is 22.7 Å². The summed E-state index contributed by atoms with van der Waals surface area (Å²) in [5.74, 6) is 0.0833. The zero-order valence-electron chi connectivity index (χ0n) is 14.1. The van der Waals surface area contributed by atoms with Gasteiger partial charge < -0.3 is 10.5 Å². The normalized spacial score (nSPS) is 11.2. The van der Waals surface area contributed by atoms with Gasteiger partial charge in [-0.05, 0) is 36.4 Å². The van der Waals surface area contributed by atoms with Crippen LogP contribution in [-0.2, 0) is 0 Å². The zero-order valence-corrected chi connectivity index (χ0v) is 14.9. The fourth-order valence-electron chi connectivity index (χ4n) is 2.45. The average Bonchev–Trinajstić information content (AvgIpc) is 3.06. The molecule has 1 heterocycles. The number of nitrogens with zero attached hydrogens (tertiary/aromatic N) is 3. The Kier molecular flexibility index (Phi) is 5.87. The SMILES string of the molecule is NC(=S)CN=Cc1cn(-c2ccccc2)nc1-c1ccc(OC(F)F)cc1. The number of hydrogen-bond donors (Lipinski definition) is 1. The molecular formula is C19H16F2N4OS. The van der Waals surface area contributed by atoms with E-state index in [1.165, 1.54) is 12.1 Å². The third-order valence-electron chi connectivity index (χ3n) is 3.59. The van der Waals surface area contributed by atoms with E-state index in [4.69, 9.17) is 18.0 Å². The Morgan fingerprint density at radius 3 is 2.52 bits per heavy atom. The summed E-state index contributed by atoms with van der Waals surface area (Å²) < 4.78 is 30.8. The summed E-state index contributed by atoms with van der Waals surface area (Å²) in [4.78, 5) is 4.51. The second-order valence-corrected chi connectivity index (χ2v) is 6.08. The first kappa shape index (κ1) is 18.7. The summed E-state index contributed by atoms with van der Waals surface area (Å²) in [6.45, 7) is -2.64. The molecule has 138 valence electrons. The number of thiocarbonyl (C=S) groups is 1. The molecule has 0 spiro atoms. The first-order chi connectivity index (χ1) is 13.0. The molecule has 27 heavy (non-hydrogen) atoms. The molecule has 0 saturated heterocycles. The number of rotatable bonds is 7. The summed E-state index contributed by atoms with van der Waals surface area (Å²) >= 11 is 4.84. The van der Waals surface area contributed by atoms with Gasteiger partial charge in [-0.1, -0.05) is 30.4 Å². The summed E-state index contributed by atoms with van der Waals surface area (Å²) in [5.41, 5.74) is 8.49. The predicted octanol–water partition coefficient (Wildman–Crippen LogP) is 3.85. The van der Waals surface area contributed by atoms with Crippen LogP contribution >= 0.6 is 12.2 Å². The highest BCUT2D eigenvalue weighted by Crippen LogP contribution is 2.25. The van der Waals surface area contributed by atoms with E-state index >= 15 is 0 Å². The highest BCUT2D eigenvalue weighted by molar-refractivity contribution is 7.80. The zero-order chi connectivity index (χ0) is 19.2. The summed E-state index contributed by atoms with van der Waals surface area (Å²) in [6.07, 6.45) is 3.47. The van der Waals surface area contributed by atoms with Gasteiger partial charge in [0.2, 0.25) is 0 Å². The monoisotopic (exact) mass is 386 g/mol. The van der Waals surface area contributed by atoms with Crippen LogP contribution in [-0.4, -0.2) is 34.1 Å². The van der Waals surface area contributed by atoms with Crippen molar-refractivity contribution in [2.24, 2.45) is 10.7 Å². The van der Waals surface area contributed by atoms with E-state index in [0.29, 0.717) is 5.69 Å². The Bertz CT molecular complexity index is 940. The molecule has 0 amide bonds. The van der Waals surface area contributed by atoms with Gasteiger partial charge >= 0.3 is 6.61 Å². The molecule has 0 aliphatic carbocycles. The molecule has 8 heteroatoms. The standard InChI is InChI=1S/C19H16F2N4OS/c20-19(21)26-16-8-6-13(7-9-16)18-14(10-23-11-17(22)27)12-25(24-18)15-4-2-1-3-5-15/h1-10,12,19H,11H2,(H2,22,27). The number of aromatic nitrogens is 2. The van der Waals surface area contributed by atoms with Crippen LogP contribution in [0.4, 0.5) is 8.78 Å². The van der Waals surface area contributed by atoms with Crippen LogP contribution in [0.15, 0.2) is 65.8 Å². The van der Waals surface area contributed by atoms with Crippen molar-refractivity contribution < 1.29 is 13.5 Å². The third-order valence-corrected chi connectivity index (χ3v) is 3.72. The average molecular weight is 386 g/mol. The summed E-state index contributed by atoms with van der Waals surface area (Å²) in [5, 5.41) is 4.61.